The summed E-state index contributed by atoms with van der Waals surface area (Å²) in [5.41, 5.74) is 1.76. The monoisotopic (exact) mass is 485 g/mol. The molecule has 0 fully saturated rings. The first kappa shape index (κ1) is 24.2. The maximum absolute atomic E-state index is 12.8. The van der Waals surface area contributed by atoms with Crippen LogP contribution in [0.4, 0.5) is 11.5 Å². The summed E-state index contributed by atoms with van der Waals surface area (Å²) >= 11 is 11.9. The lowest BCUT2D eigenvalue weighted by Crippen LogP contribution is -2.19. The molecule has 0 bridgehead atoms. The van der Waals surface area contributed by atoms with Crippen LogP contribution in [0.5, 0.6) is 0 Å². The van der Waals surface area contributed by atoms with Crippen molar-refractivity contribution in [2.24, 2.45) is 5.92 Å². The lowest BCUT2D eigenvalue weighted by atomic mass is 10.00. The molecule has 0 saturated heterocycles. The first-order chi connectivity index (χ1) is 15.8. The number of hydrogen-bond donors (Lipinski definition) is 2. The van der Waals surface area contributed by atoms with Gasteiger partial charge in [0.15, 0.2) is 0 Å². The van der Waals surface area contributed by atoms with Crippen LogP contribution in [0.3, 0.4) is 0 Å². The molecule has 9 heteroatoms. The molecule has 3 aromatic rings. The van der Waals surface area contributed by atoms with Crippen molar-refractivity contribution in [3.05, 3.63) is 87.5 Å². The first-order valence-corrected chi connectivity index (χ1v) is 10.7. The Balaban J connectivity index is 1.73. The smallest absolute Gasteiger partial charge is 0.308 e. The Morgan fingerprint density at radius 3 is 2.27 bits per heavy atom. The van der Waals surface area contributed by atoms with Crippen LogP contribution < -0.4 is 10.6 Å². The Morgan fingerprint density at radius 1 is 0.939 bits per heavy atom. The van der Waals surface area contributed by atoms with Gasteiger partial charge in [0.2, 0.25) is 0 Å². The molecule has 3 rings (SSSR count). The van der Waals surface area contributed by atoms with Crippen molar-refractivity contribution in [2.45, 2.75) is 13.3 Å². The molecule has 1 unspecified atom stereocenters. The van der Waals surface area contributed by atoms with E-state index in [0.717, 1.165) is 5.56 Å². The van der Waals surface area contributed by atoms with Crippen LogP contribution >= 0.6 is 23.2 Å². The van der Waals surface area contributed by atoms with E-state index in [1.165, 1.54) is 19.4 Å². The number of carbonyl (C=O) groups is 3. The Morgan fingerprint density at radius 2 is 1.64 bits per heavy atom. The number of nitrogens with one attached hydrogen (secondary N) is 2. The van der Waals surface area contributed by atoms with E-state index in [2.05, 4.69) is 15.6 Å². The van der Waals surface area contributed by atoms with Crippen molar-refractivity contribution in [3.63, 3.8) is 0 Å². The topological polar surface area (TPSA) is 97.4 Å². The fourth-order valence-electron chi connectivity index (χ4n) is 3.07. The summed E-state index contributed by atoms with van der Waals surface area (Å²) in [5.74, 6) is -1.17. The van der Waals surface area contributed by atoms with Gasteiger partial charge < -0.3 is 15.4 Å². The highest BCUT2D eigenvalue weighted by Crippen LogP contribution is 2.23. The van der Waals surface area contributed by atoms with Crippen LogP contribution in [0.1, 0.15) is 33.2 Å². The van der Waals surface area contributed by atoms with Crippen molar-refractivity contribution in [3.8, 4) is 0 Å². The predicted molar refractivity (Wildman–Crippen MR) is 128 cm³/mol. The van der Waals surface area contributed by atoms with E-state index in [1.807, 2.05) is 0 Å². The molecule has 0 saturated carbocycles. The van der Waals surface area contributed by atoms with E-state index < -0.39 is 11.8 Å². The van der Waals surface area contributed by atoms with Crippen molar-refractivity contribution < 1.29 is 19.1 Å². The van der Waals surface area contributed by atoms with Gasteiger partial charge in [-0.2, -0.15) is 0 Å². The second kappa shape index (κ2) is 10.9. The number of amides is 2. The minimum atomic E-state index is -0.491. The number of rotatable bonds is 7. The van der Waals surface area contributed by atoms with Crippen molar-refractivity contribution in [2.75, 3.05) is 17.7 Å². The fraction of sp³-hybridized carbons (Fsp3) is 0.167. The zero-order valence-electron chi connectivity index (χ0n) is 17.9. The fourth-order valence-corrected chi connectivity index (χ4v) is 3.36. The first-order valence-electron chi connectivity index (χ1n) is 9.97. The van der Waals surface area contributed by atoms with Gasteiger partial charge >= 0.3 is 5.97 Å². The molecule has 170 valence electrons. The third-order valence-electron chi connectivity index (χ3n) is 4.80. The summed E-state index contributed by atoms with van der Waals surface area (Å²) in [7, 11) is 1.35. The van der Waals surface area contributed by atoms with Gasteiger partial charge in [-0.3, -0.25) is 14.4 Å². The van der Waals surface area contributed by atoms with Crippen LogP contribution in [0.25, 0.3) is 0 Å². The lowest BCUT2D eigenvalue weighted by Gasteiger charge is -2.13. The maximum Gasteiger partial charge on any atom is 0.308 e. The Labute approximate surface area is 201 Å². The molecule has 0 aliphatic heterocycles. The molecule has 1 heterocycles. The minimum Gasteiger partial charge on any atom is -0.469 e. The zero-order chi connectivity index (χ0) is 24.0. The molecule has 1 aromatic heterocycles. The van der Waals surface area contributed by atoms with Crippen molar-refractivity contribution in [1.82, 2.24) is 4.98 Å². The lowest BCUT2D eigenvalue weighted by molar-refractivity contribution is -0.144. The number of aromatic nitrogens is 1. The number of pyridine rings is 1. The molecule has 0 aliphatic carbocycles. The molecule has 7 nitrogen and oxygen atoms in total. The summed E-state index contributed by atoms with van der Waals surface area (Å²) in [5, 5.41) is 6.17. The summed E-state index contributed by atoms with van der Waals surface area (Å²) in [6.45, 7) is 1.78. The molecule has 2 N–H and O–H groups in total. The second-order valence-electron chi connectivity index (χ2n) is 7.29. The Hall–Kier alpha value is -3.42. The number of esters is 1. The summed E-state index contributed by atoms with van der Waals surface area (Å²) in [4.78, 5) is 41.2. The molecule has 0 spiro atoms. The van der Waals surface area contributed by atoms with Gasteiger partial charge in [0, 0.05) is 16.8 Å². The van der Waals surface area contributed by atoms with Crippen molar-refractivity contribution >= 4 is 52.5 Å². The van der Waals surface area contributed by atoms with E-state index in [4.69, 9.17) is 27.9 Å². The highest BCUT2D eigenvalue weighted by molar-refractivity contribution is 6.31. The number of methoxy groups -OCH3 is 1. The summed E-state index contributed by atoms with van der Waals surface area (Å²) in [6, 6.07) is 14.6. The molecular formula is C24H21Cl2N3O4. The van der Waals surface area contributed by atoms with E-state index in [0.29, 0.717) is 33.5 Å². The van der Waals surface area contributed by atoms with Crippen LogP contribution in [0, 0.1) is 5.92 Å². The van der Waals surface area contributed by atoms with Gasteiger partial charge in [-0.25, -0.2) is 4.98 Å². The molecular weight excluding hydrogens is 465 g/mol. The third kappa shape index (κ3) is 6.54. The van der Waals surface area contributed by atoms with Gasteiger partial charge in [0.05, 0.1) is 29.3 Å². The van der Waals surface area contributed by atoms with Gasteiger partial charge in [0.25, 0.3) is 11.8 Å². The van der Waals surface area contributed by atoms with E-state index in [9.17, 15) is 14.4 Å². The number of nitrogens with zero attached hydrogens (tertiary/aromatic N) is 1. The maximum atomic E-state index is 12.8. The Kier molecular flexibility index (Phi) is 8.03. The number of halogens is 2. The van der Waals surface area contributed by atoms with Gasteiger partial charge in [0.1, 0.15) is 5.82 Å². The van der Waals surface area contributed by atoms with Gasteiger partial charge in [-0.1, -0.05) is 42.3 Å². The van der Waals surface area contributed by atoms with E-state index >= 15 is 0 Å². The van der Waals surface area contributed by atoms with Crippen LogP contribution in [0.15, 0.2) is 60.8 Å². The van der Waals surface area contributed by atoms with Gasteiger partial charge in [-0.05, 0) is 54.4 Å². The molecule has 2 aromatic carbocycles. The average molecular weight is 486 g/mol. The highest BCUT2D eigenvalue weighted by atomic mass is 35.5. The standard InChI is InChI=1S/C24H21Cl2N3O4/c1-14(24(32)33-2)11-15-3-5-16(6-4-15)22(30)28-20-9-7-17(25)12-19(20)23(31)29-21-10-8-18(26)13-27-21/h3-10,12-14H,11H2,1-2H3,(H,28,30)(H,27,29,31). The van der Waals surface area contributed by atoms with Crippen molar-refractivity contribution in [1.29, 1.82) is 0 Å². The minimum absolute atomic E-state index is 0.177. The molecule has 0 radical (unpaired) electrons. The zero-order valence-corrected chi connectivity index (χ0v) is 19.4. The number of hydrogen-bond acceptors (Lipinski definition) is 5. The number of ether oxygens (including phenoxy) is 1. The normalized spacial score (nSPS) is 11.4. The van der Waals surface area contributed by atoms with Crippen LogP contribution in [0.2, 0.25) is 10.0 Å². The number of carbonyl (C=O) groups excluding carboxylic acids is 3. The number of anilines is 2. The molecule has 0 aliphatic rings. The van der Waals surface area contributed by atoms with Gasteiger partial charge in [-0.15, -0.1) is 0 Å². The third-order valence-corrected chi connectivity index (χ3v) is 5.26. The molecule has 2 amide bonds. The SMILES string of the molecule is COC(=O)C(C)Cc1ccc(C(=O)Nc2ccc(Cl)cc2C(=O)Nc2ccc(Cl)cn2)cc1. The quantitative estimate of drug-likeness (QED) is 0.445. The summed E-state index contributed by atoms with van der Waals surface area (Å²) < 4.78 is 4.74. The van der Waals surface area contributed by atoms with E-state index in [1.54, 1.807) is 55.5 Å². The largest absolute Gasteiger partial charge is 0.469 e. The number of benzene rings is 2. The van der Waals surface area contributed by atoms with Crippen LogP contribution in [-0.4, -0.2) is 29.9 Å². The highest BCUT2D eigenvalue weighted by Gasteiger charge is 2.17. The summed E-state index contributed by atoms with van der Waals surface area (Å²) in [6.07, 6.45) is 1.90. The van der Waals surface area contributed by atoms with E-state index in [-0.39, 0.29) is 17.5 Å². The van der Waals surface area contributed by atoms with Crippen LogP contribution in [-0.2, 0) is 16.0 Å². The average Bonchev–Trinajstić information content (AvgIpc) is 2.81. The predicted octanol–water partition coefficient (Wildman–Crippen LogP) is 5.24. The molecule has 1 atom stereocenters. The second-order valence-corrected chi connectivity index (χ2v) is 8.16. The molecule has 33 heavy (non-hydrogen) atoms. The Bertz CT molecular complexity index is 1170.